The highest BCUT2D eigenvalue weighted by Crippen LogP contribution is 2.14. The van der Waals surface area contributed by atoms with Gasteiger partial charge in [-0.1, -0.05) is 23.8 Å². The molecule has 1 heterocycles. The smallest absolute Gasteiger partial charge is 0.243 e. The number of hydrogen-bond acceptors (Lipinski definition) is 2. The zero-order valence-corrected chi connectivity index (χ0v) is 15.3. The third-order valence-corrected chi connectivity index (χ3v) is 3.45. The summed E-state index contributed by atoms with van der Waals surface area (Å²) in [6.45, 7) is 7.15. The summed E-state index contributed by atoms with van der Waals surface area (Å²) in [7, 11) is 7.30. The molecule has 0 bridgehead atoms. The van der Waals surface area contributed by atoms with Crippen LogP contribution in [0.4, 0.5) is 0 Å². The largest absolute Gasteiger partial charge is 0.353 e. The van der Waals surface area contributed by atoms with E-state index < -0.39 is 0 Å². The van der Waals surface area contributed by atoms with Crippen LogP contribution in [0.1, 0.15) is 12.6 Å². The minimum absolute atomic E-state index is 0.0464. The molecule has 1 aromatic heterocycles. The number of aryl methyl sites for hydroxylation is 1. The van der Waals surface area contributed by atoms with Crippen molar-refractivity contribution < 1.29 is 4.79 Å². The second kappa shape index (κ2) is 8.62. The van der Waals surface area contributed by atoms with Gasteiger partial charge >= 0.3 is 0 Å². The van der Waals surface area contributed by atoms with Crippen molar-refractivity contribution in [2.75, 3.05) is 34.2 Å². The van der Waals surface area contributed by atoms with Gasteiger partial charge in [-0.25, -0.2) is 4.99 Å². The molecular weight excluding hydrogens is 314 g/mol. The van der Waals surface area contributed by atoms with Crippen molar-refractivity contribution in [1.82, 2.24) is 19.7 Å². The first-order chi connectivity index (χ1) is 10.7. The number of nitrogens with one attached hydrogen (secondary N) is 1. The molecule has 0 saturated carbocycles. The van der Waals surface area contributed by atoms with Crippen molar-refractivity contribution in [1.29, 1.82) is 0 Å². The van der Waals surface area contributed by atoms with Crippen LogP contribution < -0.4 is 5.32 Å². The van der Waals surface area contributed by atoms with Gasteiger partial charge in [0, 0.05) is 46.6 Å². The number of carbonyl (C=O) groups is 1. The lowest BCUT2D eigenvalue weighted by Crippen LogP contribution is -2.40. The lowest BCUT2D eigenvalue weighted by molar-refractivity contribution is -0.127. The Morgan fingerprint density at radius 3 is 2.57 bits per heavy atom. The summed E-state index contributed by atoms with van der Waals surface area (Å²) in [6, 6.07) is 1.92. The Bertz CT molecular complexity index is 591. The van der Waals surface area contributed by atoms with E-state index in [1.54, 1.807) is 14.1 Å². The van der Waals surface area contributed by atoms with Gasteiger partial charge in [-0.3, -0.25) is 4.79 Å². The Morgan fingerprint density at radius 2 is 2.09 bits per heavy atom. The maximum atomic E-state index is 11.8. The van der Waals surface area contributed by atoms with E-state index in [1.165, 1.54) is 4.90 Å². The Morgan fingerprint density at radius 1 is 1.43 bits per heavy atom. The van der Waals surface area contributed by atoms with Crippen LogP contribution in [-0.2, 0) is 18.4 Å². The van der Waals surface area contributed by atoms with Crippen molar-refractivity contribution in [3.05, 3.63) is 35.1 Å². The standard InChI is InChI=1S/C16H26ClN5O/c1-12(2)8-18-16(19-9-15(23)20(3)4)22(6)11-14-7-13(17)10-21(14)5/h7,10H,1,8-9,11H2,2-6H3,(H,18,19). The molecule has 1 N–H and O–H groups in total. The van der Waals surface area contributed by atoms with E-state index in [0.29, 0.717) is 24.1 Å². The van der Waals surface area contributed by atoms with Crippen molar-refractivity contribution >= 4 is 23.5 Å². The first kappa shape index (κ1) is 19.1. The molecule has 0 spiro atoms. The number of halogens is 1. The van der Waals surface area contributed by atoms with E-state index in [2.05, 4.69) is 16.9 Å². The maximum absolute atomic E-state index is 11.8. The summed E-state index contributed by atoms with van der Waals surface area (Å²) in [5, 5.41) is 3.92. The van der Waals surface area contributed by atoms with E-state index in [1.807, 2.05) is 42.7 Å². The van der Waals surface area contributed by atoms with Gasteiger partial charge < -0.3 is 19.7 Å². The number of nitrogens with zero attached hydrogens (tertiary/aromatic N) is 4. The summed E-state index contributed by atoms with van der Waals surface area (Å²) in [5.41, 5.74) is 2.05. The van der Waals surface area contributed by atoms with E-state index in [-0.39, 0.29) is 12.5 Å². The number of rotatable bonds is 6. The maximum Gasteiger partial charge on any atom is 0.243 e. The SMILES string of the molecule is C=C(C)CNC(=NCC(=O)N(C)C)N(C)Cc1cc(Cl)cn1C. The van der Waals surface area contributed by atoms with Crippen LogP contribution in [0.25, 0.3) is 0 Å². The van der Waals surface area contributed by atoms with Gasteiger partial charge in [0.15, 0.2) is 5.96 Å². The molecule has 1 amide bonds. The molecule has 128 valence electrons. The molecule has 0 aliphatic rings. The van der Waals surface area contributed by atoms with Crippen molar-refractivity contribution in [3.63, 3.8) is 0 Å². The average Bonchev–Trinajstić information content (AvgIpc) is 2.75. The highest BCUT2D eigenvalue weighted by molar-refractivity contribution is 6.30. The predicted octanol–water partition coefficient (Wildman–Crippen LogP) is 1.72. The monoisotopic (exact) mass is 339 g/mol. The molecule has 0 fully saturated rings. The van der Waals surface area contributed by atoms with Gasteiger partial charge in [-0.05, 0) is 13.0 Å². The number of guanidine groups is 1. The fraction of sp³-hybridized carbons (Fsp3) is 0.500. The van der Waals surface area contributed by atoms with Crippen molar-refractivity contribution in [2.45, 2.75) is 13.5 Å². The van der Waals surface area contributed by atoms with E-state index >= 15 is 0 Å². The molecule has 7 heteroatoms. The van der Waals surface area contributed by atoms with Crippen LogP contribution in [-0.4, -0.2) is 60.5 Å². The van der Waals surface area contributed by atoms with Crippen LogP contribution in [0.3, 0.4) is 0 Å². The zero-order chi connectivity index (χ0) is 17.6. The van der Waals surface area contributed by atoms with E-state index in [0.717, 1.165) is 11.3 Å². The number of likely N-dealkylation sites (N-methyl/N-ethyl adjacent to an activating group) is 1. The van der Waals surface area contributed by atoms with Gasteiger partial charge in [-0.2, -0.15) is 0 Å². The summed E-state index contributed by atoms with van der Waals surface area (Å²) < 4.78 is 1.97. The third-order valence-electron chi connectivity index (χ3n) is 3.25. The van der Waals surface area contributed by atoms with Gasteiger partial charge in [-0.15, -0.1) is 0 Å². The van der Waals surface area contributed by atoms with Gasteiger partial charge in [0.25, 0.3) is 0 Å². The molecule has 0 unspecified atom stereocenters. The Hall–Kier alpha value is -1.95. The number of hydrogen-bond donors (Lipinski definition) is 1. The zero-order valence-electron chi connectivity index (χ0n) is 14.6. The molecule has 0 atom stereocenters. The molecule has 1 aromatic rings. The van der Waals surface area contributed by atoms with Crippen molar-refractivity contribution in [3.8, 4) is 0 Å². The second-order valence-electron chi connectivity index (χ2n) is 5.86. The molecule has 0 aliphatic carbocycles. The second-order valence-corrected chi connectivity index (χ2v) is 6.29. The normalized spacial score (nSPS) is 11.3. The number of amides is 1. The molecule has 23 heavy (non-hydrogen) atoms. The number of aliphatic imine (C=N–C) groups is 1. The molecule has 6 nitrogen and oxygen atoms in total. The Balaban J connectivity index is 2.84. The first-order valence-electron chi connectivity index (χ1n) is 7.35. The molecule has 0 radical (unpaired) electrons. The van der Waals surface area contributed by atoms with Gasteiger partial charge in [0.2, 0.25) is 5.91 Å². The number of carbonyl (C=O) groups excluding carboxylic acids is 1. The van der Waals surface area contributed by atoms with Gasteiger partial charge in [0.1, 0.15) is 6.54 Å². The predicted molar refractivity (Wildman–Crippen MR) is 95.7 cm³/mol. The minimum Gasteiger partial charge on any atom is -0.353 e. The van der Waals surface area contributed by atoms with Gasteiger partial charge in [0.05, 0.1) is 11.6 Å². The highest BCUT2D eigenvalue weighted by atomic mass is 35.5. The van der Waals surface area contributed by atoms with E-state index in [9.17, 15) is 4.79 Å². The molecular formula is C16H26ClN5O. The lowest BCUT2D eigenvalue weighted by atomic mass is 10.3. The fourth-order valence-corrected chi connectivity index (χ4v) is 2.14. The topological polar surface area (TPSA) is 52.9 Å². The molecule has 0 aliphatic heterocycles. The quantitative estimate of drug-likeness (QED) is 0.488. The lowest BCUT2D eigenvalue weighted by Gasteiger charge is -2.23. The summed E-state index contributed by atoms with van der Waals surface area (Å²) in [4.78, 5) is 19.6. The molecule has 0 saturated heterocycles. The number of aromatic nitrogens is 1. The van der Waals surface area contributed by atoms with Crippen LogP contribution in [0.15, 0.2) is 29.4 Å². The van der Waals surface area contributed by atoms with Crippen LogP contribution in [0.2, 0.25) is 5.02 Å². The summed E-state index contributed by atoms with van der Waals surface area (Å²) >= 11 is 6.02. The Labute approximate surface area is 143 Å². The minimum atomic E-state index is -0.0464. The third kappa shape index (κ3) is 6.36. The van der Waals surface area contributed by atoms with Crippen molar-refractivity contribution in [2.24, 2.45) is 12.0 Å². The fourth-order valence-electron chi connectivity index (χ4n) is 1.87. The first-order valence-corrected chi connectivity index (χ1v) is 7.73. The summed E-state index contributed by atoms with van der Waals surface area (Å²) in [6.07, 6.45) is 1.86. The van der Waals surface area contributed by atoms with Crippen LogP contribution >= 0.6 is 11.6 Å². The molecule has 0 aromatic carbocycles. The van der Waals surface area contributed by atoms with Crippen LogP contribution in [0, 0.1) is 0 Å². The van der Waals surface area contributed by atoms with E-state index in [4.69, 9.17) is 11.6 Å². The average molecular weight is 340 g/mol. The highest BCUT2D eigenvalue weighted by Gasteiger charge is 2.11. The Kier molecular flexibility index (Phi) is 7.16. The van der Waals surface area contributed by atoms with Crippen LogP contribution in [0.5, 0.6) is 0 Å². The summed E-state index contributed by atoms with van der Waals surface area (Å²) in [5.74, 6) is 0.607. The molecule has 1 rings (SSSR count).